The third-order valence-corrected chi connectivity index (χ3v) is 3.30. The van der Waals surface area contributed by atoms with Gasteiger partial charge in [0.2, 0.25) is 5.91 Å². The van der Waals surface area contributed by atoms with Gasteiger partial charge in [-0.15, -0.1) is 0 Å². The van der Waals surface area contributed by atoms with Crippen LogP contribution in [0.15, 0.2) is 18.5 Å². The molecule has 5 heteroatoms. The fraction of sp³-hybridized carbons (Fsp3) is 0.500. The number of H-pyrrole nitrogens is 1. The molecule has 0 aromatic carbocycles. The molecule has 1 aromatic rings. The lowest BCUT2D eigenvalue weighted by Gasteiger charge is -2.15. The molecule has 0 saturated heterocycles. The van der Waals surface area contributed by atoms with Crippen LogP contribution in [0.2, 0.25) is 0 Å². The van der Waals surface area contributed by atoms with Crippen LogP contribution in [0.4, 0.5) is 0 Å². The van der Waals surface area contributed by atoms with E-state index in [-0.39, 0.29) is 11.8 Å². The van der Waals surface area contributed by atoms with Gasteiger partial charge in [-0.3, -0.25) is 9.59 Å². The number of carbonyl (C=O) groups excluding carboxylic acids is 1. The van der Waals surface area contributed by atoms with E-state index >= 15 is 0 Å². The largest absolute Gasteiger partial charge is 0.481 e. The molecular weight excluding hydrogens is 220 g/mol. The van der Waals surface area contributed by atoms with Crippen LogP contribution in [0.1, 0.15) is 24.8 Å². The summed E-state index contributed by atoms with van der Waals surface area (Å²) in [4.78, 5) is 25.7. The molecule has 1 aromatic heterocycles. The summed E-state index contributed by atoms with van der Waals surface area (Å²) >= 11 is 0. The van der Waals surface area contributed by atoms with Gasteiger partial charge in [-0.05, 0) is 24.5 Å². The first kappa shape index (κ1) is 11.7. The van der Waals surface area contributed by atoms with Crippen LogP contribution in [0.5, 0.6) is 0 Å². The van der Waals surface area contributed by atoms with Crippen LogP contribution in [-0.4, -0.2) is 22.0 Å². The van der Waals surface area contributed by atoms with Crippen molar-refractivity contribution < 1.29 is 14.7 Å². The Labute approximate surface area is 99.2 Å². The Hall–Kier alpha value is -1.78. The molecule has 0 unspecified atom stereocenters. The fourth-order valence-electron chi connectivity index (χ4n) is 2.36. The van der Waals surface area contributed by atoms with E-state index in [4.69, 9.17) is 5.11 Å². The Balaban J connectivity index is 1.89. The lowest BCUT2D eigenvalue weighted by atomic mass is 9.95. The van der Waals surface area contributed by atoms with Crippen molar-refractivity contribution in [1.29, 1.82) is 0 Å². The number of aromatic amines is 1. The van der Waals surface area contributed by atoms with Crippen molar-refractivity contribution in [2.75, 3.05) is 0 Å². The quantitative estimate of drug-likeness (QED) is 0.733. The Kier molecular flexibility index (Phi) is 3.46. The smallest absolute Gasteiger partial charge is 0.307 e. The second-order valence-corrected chi connectivity index (χ2v) is 4.42. The predicted molar refractivity (Wildman–Crippen MR) is 61.1 cm³/mol. The molecule has 2 rings (SSSR count). The Morgan fingerprint density at radius 1 is 1.41 bits per heavy atom. The zero-order valence-corrected chi connectivity index (χ0v) is 9.48. The summed E-state index contributed by atoms with van der Waals surface area (Å²) in [6, 6.07) is 1.88. The SMILES string of the molecule is O=C(O)[C@H]1CCC[C@H]1C(=O)NCc1cc[nH]c1. The Bertz CT molecular complexity index is 400. The molecule has 1 heterocycles. The van der Waals surface area contributed by atoms with E-state index in [9.17, 15) is 9.59 Å². The van der Waals surface area contributed by atoms with Crippen molar-refractivity contribution in [3.05, 3.63) is 24.0 Å². The second-order valence-electron chi connectivity index (χ2n) is 4.42. The molecule has 1 fully saturated rings. The average Bonchev–Trinajstić information content (AvgIpc) is 2.96. The fourth-order valence-corrected chi connectivity index (χ4v) is 2.36. The number of amides is 1. The van der Waals surface area contributed by atoms with E-state index in [1.165, 1.54) is 0 Å². The van der Waals surface area contributed by atoms with Crippen molar-refractivity contribution in [3.8, 4) is 0 Å². The summed E-state index contributed by atoms with van der Waals surface area (Å²) in [5, 5.41) is 11.8. The lowest BCUT2D eigenvalue weighted by molar-refractivity contribution is -0.146. The van der Waals surface area contributed by atoms with Crippen molar-refractivity contribution in [3.63, 3.8) is 0 Å². The van der Waals surface area contributed by atoms with Crippen molar-refractivity contribution >= 4 is 11.9 Å². The first-order valence-electron chi connectivity index (χ1n) is 5.80. The molecule has 1 aliphatic carbocycles. The molecule has 2 atom stereocenters. The number of carboxylic acids is 1. The Morgan fingerprint density at radius 2 is 2.18 bits per heavy atom. The van der Waals surface area contributed by atoms with Crippen LogP contribution < -0.4 is 5.32 Å². The number of carboxylic acid groups (broad SMARTS) is 1. The normalized spacial score (nSPS) is 23.5. The van der Waals surface area contributed by atoms with E-state index in [2.05, 4.69) is 10.3 Å². The highest BCUT2D eigenvalue weighted by molar-refractivity contribution is 5.85. The number of nitrogens with one attached hydrogen (secondary N) is 2. The van der Waals surface area contributed by atoms with E-state index in [0.29, 0.717) is 19.4 Å². The van der Waals surface area contributed by atoms with E-state index in [1.54, 1.807) is 6.20 Å². The second kappa shape index (κ2) is 5.03. The Morgan fingerprint density at radius 3 is 2.82 bits per heavy atom. The summed E-state index contributed by atoms with van der Waals surface area (Å²) < 4.78 is 0. The maximum absolute atomic E-state index is 11.9. The molecule has 1 aliphatic rings. The van der Waals surface area contributed by atoms with Crippen LogP contribution in [0.3, 0.4) is 0 Å². The summed E-state index contributed by atoms with van der Waals surface area (Å²) in [6.45, 7) is 0.450. The number of hydrogen-bond donors (Lipinski definition) is 3. The maximum atomic E-state index is 11.9. The van der Waals surface area contributed by atoms with Crippen LogP contribution in [-0.2, 0) is 16.1 Å². The third kappa shape index (κ3) is 2.67. The summed E-state index contributed by atoms with van der Waals surface area (Å²) in [7, 11) is 0. The molecule has 0 bridgehead atoms. The highest BCUT2D eigenvalue weighted by Gasteiger charge is 2.37. The molecule has 92 valence electrons. The number of aromatic nitrogens is 1. The van der Waals surface area contributed by atoms with Crippen LogP contribution in [0.25, 0.3) is 0 Å². The third-order valence-electron chi connectivity index (χ3n) is 3.30. The first-order chi connectivity index (χ1) is 8.18. The van der Waals surface area contributed by atoms with Crippen molar-refractivity contribution in [1.82, 2.24) is 10.3 Å². The first-order valence-corrected chi connectivity index (χ1v) is 5.80. The molecule has 0 aliphatic heterocycles. The standard InChI is InChI=1S/C12H16N2O3/c15-11(14-7-8-4-5-13-6-8)9-2-1-3-10(9)12(16)17/h4-6,9-10,13H,1-3,7H2,(H,14,15)(H,16,17)/t9-,10+/m1/s1. The van der Waals surface area contributed by atoms with Gasteiger partial charge in [-0.1, -0.05) is 6.42 Å². The molecule has 3 N–H and O–H groups in total. The van der Waals surface area contributed by atoms with E-state index < -0.39 is 11.9 Å². The van der Waals surface area contributed by atoms with Gasteiger partial charge in [0.25, 0.3) is 0 Å². The molecular formula is C12H16N2O3. The minimum Gasteiger partial charge on any atom is -0.481 e. The molecule has 5 nitrogen and oxygen atoms in total. The van der Waals surface area contributed by atoms with Gasteiger partial charge in [0.15, 0.2) is 0 Å². The molecule has 0 radical (unpaired) electrons. The predicted octanol–water partition coefficient (Wildman–Crippen LogP) is 1.13. The zero-order valence-electron chi connectivity index (χ0n) is 9.48. The van der Waals surface area contributed by atoms with Crippen molar-refractivity contribution in [2.24, 2.45) is 11.8 Å². The molecule has 1 amide bonds. The van der Waals surface area contributed by atoms with Gasteiger partial charge in [0.05, 0.1) is 11.8 Å². The van der Waals surface area contributed by atoms with Gasteiger partial charge in [-0.25, -0.2) is 0 Å². The summed E-state index contributed by atoms with van der Waals surface area (Å²) in [5.74, 6) is -1.88. The highest BCUT2D eigenvalue weighted by Crippen LogP contribution is 2.32. The van der Waals surface area contributed by atoms with Crippen LogP contribution >= 0.6 is 0 Å². The topological polar surface area (TPSA) is 82.2 Å². The minimum atomic E-state index is -0.857. The number of rotatable bonds is 4. The lowest BCUT2D eigenvalue weighted by Crippen LogP contribution is -2.34. The molecule has 0 spiro atoms. The van der Waals surface area contributed by atoms with Gasteiger partial charge in [-0.2, -0.15) is 0 Å². The van der Waals surface area contributed by atoms with E-state index in [1.807, 2.05) is 12.3 Å². The zero-order chi connectivity index (χ0) is 12.3. The van der Waals surface area contributed by atoms with Gasteiger partial charge >= 0.3 is 5.97 Å². The monoisotopic (exact) mass is 236 g/mol. The van der Waals surface area contributed by atoms with Crippen LogP contribution in [0, 0.1) is 11.8 Å². The number of hydrogen-bond acceptors (Lipinski definition) is 2. The maximum Gasteiger partial charge on any atom is 0.307 e. The molecule has 1 saturated carbocycles. The van der Waals surface area contributed by atoms with Gasteiger partial charge < -0.3 is 15.4 Å². The highest BCUT2D eigenvalue weighted by atomic mass is 16.4. The minimum absolute atomic E-state index is 0.142. The van der Waals surface area contributed by atoms with Crippen molar-refractivity contribution in [2.45, 2.75) is 25.8 Å². The average molecular weight is 236 g/mol. The van der Waals surface area contributed by atoms with Gasteiger partial charge in [0, 0.05) is 18.9 Å². The van der Waals surface area contributed by atoms with E-state index in [0.717, 1.165) is 12.0 Å². The summed E-state index contributed by atoms with van der Waals surface area (Å²) in [5.41, 5.74) is 0.989. The molecule has 17 heavy (non-hydrogen) atoms. The number of aliphatic carboxylic acids is 1. The van der Waals surface area contributed by atoms with Gasteiger partial charge in [0.1, 0.15) is 0 Å². The number of carbonyl (C=O) groups is 2. The summed E-state index contributed by atoms with van der Waals surface area (Å²) in [6.07, 6.45) is 5.70.